The van der Waals surface area contributed by atoms with E-state index in [1.54, 1.807) is 42.5 Å². The molecule has 3 rings (SSSR count). The van der Waals surface area contributed by atoms with E-state index in [4.69, 9.17) is 4.74 Å². The molecule has 1 heterocycles. The van der Waals surface area contributed by atoms with Crippen LogP contribution in [0.15, 0.2) is 54.6 Å². The lowest BCUT2D eigenvalue weighted by atomic mass is 9.88. The number of hydrogen-bond donors (Lipinski definition) is 1. The summed E-state index contributed by atoms with van der Waals surface area (Å²) >= 11 is 0. The number of aliphatic hydroxyl groups excluding tert-OH is 1. The standard InChI is InChI=1S/C18H15NO5/c1-24-17(23)18(11-20,12-7-3-2-4-8-12)19-15(21)13-9-5-6-10-14(13)16(19)22/h2-10,20H,11H2,1H3. The maximum atomic E-state index is 12.8. The van der Waals surface area contributed by atoms with Crippen LogP contribution in [0.5, 0.6) is 0 Å². The maximum absolute atomic E-state index is 12.8. The van der Waals surface area contributed by atoms with Crippen molar-refractivity contribution in [2.75, 3.05) is 13.7 Å². The topological polar surface area (TPSA) is 83.9 Å². The van der Waals surface area contributed by atoms with Crippen molar-refractivity contribution in [1.29, 1.82) is 0 Å². The first kappa shape index (κ1) is 15.9. The molecule has 0 saturated carbocycles. The summed E-state index contributed by atoms with van der Waals surface area (Å²) in [5.74, 6) is -2.16. The number of carbonyl (C=O) groups is 3. The number of nitrogens with zero attached hydrogens (tertiary/aromatic N) is 1. The average Bonchev–Trinajstić information content (AvgIpc) is 2.89. The molecule has 0 aromatic heterocycles. The Morgan fingerprint density at radius 1 is 1.00 bits per heavy atom. The van der Waals surface area contributed by atoms with E-state index in [1.807, 2.05) is 0 Å². The van der Waals surface area contributed by atoms with Crippen molar-refractivity contribution in [1.82, 2.24) is 4.90 Å². The second kappa shape index (κ2) is 5.90. The van der Waals surface area contributed by atoms with E-state index in [2.05, 4.69) is 0 Å². The van der Waals surface area contributed by atoms with E-state index in [1.165, 1.54) is 12.1 Å². The van der Waals surface area contributed by atoms with Gasteiger partial charge in [-0.2, -0.15) is 0 Å². The number of aliphatic hydroxyl groups is 1. The van der Waals surface area contributed by atoms with Gasteiger partial charge in [0.05, 0.1) is 24.8 Å². The normalized spacial score (nSPS) is 15.8. The van der Waals surface area contributed by atoms with Gasteiger partial charge in [-0.1, -0.05) is 42.5 Å². The second-order valence-electron chi connectivity index (χ2n) is 5.37. The third-order valence-corrected chi connectivity index (χ3v) is 4.18. The highest BCUT2D eigenvalue weighted by atomic mass is 16.5. The third kappa shape index (κ3) is 2.04. The minimum atomic E-state index is -1.93. The predicted octanol–water partition coefficient (Wildman–Crippen LogP) is 1.34. The first-order valence-corrected chi connectivity index (χ1v) is 7.30. The Hall–Kier alpha value is -2.99. The second-order valence-corrected chi connectivity index (χ2v) is 5.37. The molecular formula is C18H15NO5. The number of ether oxygens (including phenoxy) is 1. The lowest BCUT2D eigenvalue weighted by Gasteiger charge is -2.36. The van der Waals surface area contributed by atoms with Crippen LogP contribution >= 0.6 is 0 Å². The molecule has 1 N–H and O–H groups in total. The molecule has 2 aromatic carbocycles. The van der Waals surface area contributed by atoms with Gasteiger partial charge in [0.25, 0.3) is 11.8 Å². The summed E-state index contributed by atoms with van der Waals surface area (Å²) in [6.45, 7) is -0.783. The number of fused-ring (bicyclic) bond motifs is 1. The molecule has 2 amide bonds. The molecule has 122 valence electrons. The summed E-state index contributed by atoms with van der Waals surface area (Å²) in [7, 11) is 1.15. The Morgan fingerprint density at radius 3 is 1.96 bits per heavy atom. The minimum absolute atomic E-state index is 0.195. The molecule has 0 radical (unpaired) electrons. The van der Waals surface area contributed by atoms with Crippen LogP contribution in [0.1, 0.15) is 26.3 Å². The van der Waals surface area contributed by atoms with Crippen LogP contribution in [0.2, 0.25) is 0 Å². The average molecular weight is 325 g/mol. The lowest BCUT2D eigenvalue weighted by Crippen LogP contribution is -2.57. The molecule has 0 saturated heterocycles. The van der Waals surface area contributed by atoms with Gasteiger partial charge in [0, 0.05) is 0 Å². The van der Waals surface area contributed by atoms with Gasteiger partial charge in [-0.25, -0.2) is 4.79 Å². The highest BCUT2D eigenvalue weighted by molar-refractivity contribution is 6.23. The van der Waals surface area contributed by atoms with Crippen molar-refractivity contribution in [3.8, 4) is 0 Å². The fourth-order valence-electron chi connectivity index (χ4n) is 2.98. The Kier molecular flexibility index (Phi) is 3.91. The van der Waals surface area contributed by atoms with Gasteiger partial charge in [-0.15, -0.1) is 0 Å². The molecule has 1 aliphatic heterocycles. The molecule has 1 atom stereocenters. The SMILES string of the molecule is COC(=O)C(CO)(c1ccccc1)N1C(=O)c2ccccc2C1=O. The largest absolute Gasteiger partial charge is 0.467 e. The van der Waals surface area contributed by atoms with E-state index < -0.39 is 29.9 Å². The van der Waals surface area contributed by atoms with Crippen LogP contribution in [0.3, 0.4) is 0 Å². The summed E-state index contributed by atoms with van der Waals surface area (Å²) in [5.41, 5.74) is -1.24. The molecule has 24 heavy (non-hydrogen) atoms. The van der Waals surface area contributed by atoms with E-state index in [0.717, 1.165) is 12.0 Å². The van der Waals surface area contributed by atoms with Gasteiger partial charge in [0.2, 0.25) is 0 Å². The number of methoxy groups -OCH3 is 1. The number of amides is 2. The summed E-state index contributed by atoms with van der Waals surface area (Å²) in [6, 6.07) is 14.5. The van der Waals surface area contributed by atoms with Gasteiger partial charge in [-0.3, -0.25) is 14.5 Å². The zero-order chi connectivity index (χ0) is 17.3. The third-order valence-electron chi connectivity index (χ3n) is 4.18. The molecule has 0 aliphatic carbocycles. The highest BCUT2D eigenvalue weighted by Crippen LogP contribution is 2.37. The lowest BCUT2D eigenvalue weighted by molar-refractivity contribution is -0.155. The molecule has 1 aliphatic rings. The first-order valence-electron chi connectivity index (χ1n) is 7.30. The first-order chi connectivity index (χ1) is 11.6. The van der Waals surface area contributed by atoms with E-state index >= 15 is 0 Å². The fraction of sp³-hybridized carbons (Fsp3) is 0.167. The summed E-state index contributed by atoms with van der Waals surface area (Å²) in [6.07, 6.45) is 0. The summed E-state index contributed by atoms with van der Waals surface area (Å²) in [4.78, 5) is 38.9. The number of rotatable bonds is 4. The van der Waals surface area contributed by atoms with Gasteiger partial charge in [0.1, 0.15) is 0 Å². The number of hydrogen-bond acceptors (Lipinski definition) is 5. The van der Waals surface area contributed by atoms with Crippen molar-refractivity contribution >= 4 is 17.8 Å². The summed E-state index contributed by atoms with van der Waals surface area (Å²) in [5, 5.41) is 10.1. The quantitative estimate of drug-likeness (QED) is 0.677. The fourth-order valence-corrected chi connectivity index (χ4v) is 2.98. The van der Waals surface area contributed by atoms with Gasteiger partial charge < -0.3 is 9.84 Å². The van der Waals surface area contributed by atoms with Crippen LogP contribution in [-0.2, 0) is 15.1 Å². The van der Waals surface area contributed by atoms with Crippen molar-refractivity contribution in [3.05, 3.63) is 71.3 Å². The smallest absolute Gasteiger partial charge is 0.339 e. The number of benzene rings is 2. The highest BCUT2D eigenvalue weighted by Gasteiger charge is 2.55. The van der Waals surface area contributed by atoms with Gasteiger partial charge in [0.15, 0.2) is 5.54 Å². The number of carbonyl (C=O) groups excluding carboxylic acids is 3. The van der Waals surface area contributed by atoms with E-state index in [0.29, 0.717) is 5.56 Å². The van der Waals surface area contributed by atoms with Crippen LogP contribution in [0.25, 0.3) is 0 Å². The Bertz CT molecular complexity index is 782. The molecular weight excluding hydrogens is 310 g/mol. The van der Waals surface area contributed by atoms with Crippen molar-refractivity contribution in [3.63, 3.8) is 0 Å². The molecule has 0 spiro atoms. The predicted molar refractivity (Wildman–Crippen MR) is 84.2 cm³/mol. The van der Waals surface area contributed by atoms with Crippen LogP contribution in [0.4, 0.5) is 0 Å². The monoisotopic (exact) mass is 325 g/mol. The minimum Gasteiger partial charge on any atom is -0.467 e. The molecule has 1 unspecified atom stereocenters. The van der Waals surface area contributed by atoms with Crippen molar-refractivity contribution in [2.45, 2.75) is 5.54 Å². The number of esters is 1. The molecule has 6 nitrogen and oxygen atoms in total. The molecule has 0 fully saturated rings. The van der Waals surface area contributed by atoms with Gasteiger partial charge >= 0.3 is 5.97 Å². The van der Waals surface area contributed by atoms with E-state index in [9.17, 15) is 19.5 Å². The van der Waals surface area contributed by atoms with Crippen LogP contribution in [-0.4, -0.2) is 41.5 Å². The van der Waals surface area contributed by atoms with Crippen LogP contribution < -0.4 is 0 Å². The Morgan fingerprint density at radius 2 is 1.50 bits per heavy atom. The molecule has 2 aromatic rings. The van der Waals surface area contributed by atoms with Crippen molar-refractivity contribution < 1.29 is 24.2 Å². The van der Waals surface area contributed by atoms with Crippen LogP contribution in [0, 0.1) is 0 Å². The van der Waals surface area contributed by atoms with Gasteiger partial charge in [-0.05, 0) is 17.7 Å². The summed E-state index contributed by atoms with van der Waals surface area (Å²) < 4.78 is 4.82. The van der Waals surface area contributed by atoms with Crippen molar-refractivity contribution in [2.24, 2.45) is 0 Å². The zero-order valence-electron chi connectivity index (χ0n) is 12.9. The Labute approximate surface area is 138 Å². The Balaban J connectivity index is 2.23. The van der Waals surface area contributed by atoms with E-state index in [-0.39, 0.29) is 11.1 Å². The molecule has 0 bridgehead atoms. The molecule has 6 heteroatoms. The zero-order valence-corrected chi connectivity index (χ0v) is 12.9. The maximum Gasteiger partial charge on any atom is 0.339 e. The number of imide groups is 1.